The maximum absolute atomic E-state index is 11.2. The maximum atomic E-state index is 11.2. The van der Waals surface area contributed by atoms with Crippen molar-refractivity contribution in [2.24, 2.45) is 4.99 Å². The standard InChI is InChI=1S/C20H35N3O4.HI/c1-4-21-19(23-16-20(3,25)17-12-11-15-27-17)22-14-10-8-6-7-9-13-18(24)26-5-2;/h11-12,15,25H,4-10,13-14,16H2,1-3H3,(H2,21,22,23);1H. The van der Waals surface area contributed by atoms with Crippen molar-refractivity contribution in [1.29, 1.82) is 0 Å². The van der Waals surface area contributed by atoms with Gasteiger partial charge in [0, 0.05) is 19.5 Å². The van der Waals surface area contributed by atoms with E-state index in [1.165, 1.54) is 0 Å². The summed E-state index contributed by atoms with van der Waals surface area (Å²) >= 11 is 0. The third kappa shape index (κ3) is 11.5. The summed E-state index contributed by atoms with van der Waals surface area (Å²) in [6.07, 6.45) is 7.21. The Morgan fingerprint density at radius 3 is 2.57 bits per heavy atom. The van der Waals surface area contributed by atoms with Gasteiger partial charge in [-0.2, -0.15) is 0 Å². The van der Waals surface area contributed by atoms with Crippen molar-refractivity contribution in [1.82, 2.24) is 10.6 Å². The smallest absolute Gasteiger partial charge is 0.305 e. The highest BCUT2D eigenvalue weighted by Gasteiger charge is 2.25. The number of aliphatic hydroxyl groups is 1. The molecule has 0 fully saturated rings. The van der Waals surface area contributed by atoms with Crippen molar-refractivity contribution >= 4 is 35.9 Å². The lowest BCUT2D eigenvalue weighted by Crippen LogP contribution is -2.39. The van der Waals surface area contributed by atoms with Crippen molar-refractivity contribution in [3.05, 3.63) is 24.2 Å². The first kappa shape index (κ1) is 26.7. The SMILES string of the molecule is CCNC(=NCC(C)(O)c1ccco1)NCCCCCCCC(=O)OCC.I. The molecule has 8 heteroatoms. The topological polar surface area (TPSA) is 96.1 Å². The Hall–Kier alpha value is -1.29. The number of ether oxygens (including phenoxy) is 1. The Balaban J connectivity index is 0.00000729. The molecule has 0 aliphatic heterocycles. The average Bonchev–Trinajstić information content (AvgIpc) is 3.17. The van der Waals surface area contributed by atoms with Gasteiger partial charge in [-0.05, 0) is 45.7 Å². The molecule has 1 heterocycles. The number of nitrogens with zero attached hydrogens (tertiary/aromatic N) is 1. The molecular formula is C20H36IN3O4. The minimum atomic E-state index is -1.13. The van der Waals surface area contributed by atoms with Gasteiger partial charge in [-0.3, -0.25) is 4.79 Å². The van der Waals surface area contributed by atoms with Crippen LogP contribution in [0.15, 0.2) is 27.8 Å². The molecule has 0 amide bonds. The normalized spacial score (nSPS) is 13.4. The fraction of sp³-hybridized carbons (Fsp3) is 0.700. The molecule has 28 heavy (non-hydrogen) atoms. The fourth-order valence-corrected chi connectivity index (χ4v) is 2.60. The second kappa shape index (κ2) is 15.6. The Morgan fingerprint density at radius 2 is 1.93 bits per heavy atom. The van der Waals surface area contributed by atoms with Gasteiger partial charge in [0.15, 0.2) is 5.96 Å². The zero-order chi connectivity index (χ0) is 20.0. The number of halogens is 1. The molecule has 0 radical (unpaired) electrons. The maximum Gasteiger partial charge on any atom is 0.305 e. The number of carbonyl (C=O) groups excluding carboxylic acids is 1. The number of carbonyl (C=O) groups is 1. The van der Waals surface area contributed by atoms with Crippen LogP contribution in [0.1, 0.15) is 65.1 Å². The Kier molecular flexibility index (Phi) is 14.9. The van der Waals surface area contributed by atoms with Gasteiger partial charge in [0.05, 0.1) is 19.4 Å². The molecule has 0 saturated heterocycles. The largest absolute Gasteiger partial charge is 0.466 e. The fourth-order valence-electron chi connectivity index (χ4n) is 2.60. The van der Waals surface area contributed by atoms with Gasteiger partial charge in [0.1, 0.15) is 11.4 Å². The van der Waals surface area contributed by atoms with Crippen molar-refractivity contribution in [2.45, 2.75) is 64.9 Å². The highest BCUT2D eigenvalue weighted by atomic mass is 127. The monoisotopic (exact) mass is 509 g/mol. The second-order valence-corrected chi connectivity index (χ2v) is 6.70. The van der Waals surface area contributed by atoms with Crippen molar-refractivity contribution in [3.63, 3.8) is 0 Å². The first-order valence-electron chi connectivity index (χ1n) is 9.93. The van der Waals surface area contributed by atoms with Crippen LogP contribution in [0.3, 0.4) is 0 Å². The van der Waals surface area contributed by atoms with Gasteiger partial charge in [0.2, 0.25) is 0 Å². The first-order valence-corrected chi connectivity index (χ1v) is 9.93. The molecule has 1 rings (SSSR count). The Morgan fingerprint density at radius 1 is 1.21 bits per heavy atom. The van der Waals surface area contributed by atoms with Crippen LogP contribution in [0.25, 0.3) is 0 Å². The van der Waals surface area contributed by atoms with Crippen LogP contribution in [0, 0.1) is 0 Å². The lowest BCUT2D eigenvalue weighted by Gasteiger charge is -2.19. The van der Waals surface area contributed by atoms with Crippen LogP contribution in [-0.4, -0.2) is 43.3 Å². The zero-order valence-electron chi connectivity index (χ0n) is 17.3. The molecule has 1 atom stereocenters. The molecule has 0 saturated carbocycles. The minimum absolute atomic E-state index is 0. The zero-order valence-corrected chi connectivity index (χ0v) is 19.7. The van der Waals surface area contributed by atoms with Gasteiger partial charge >= 0.3 is 5.97 Å². The van der Waals surface area contributed by atoms with E-state index < -0.39 is 5.60 Å². The highest BCUT2D eigenvalue weighted by Crippen LogP contribution is 2.21. The number of aliphatic imine (C=N–C) groups is 1. The van der Waals surface area contributed by atoms with E-state index in [9.17, 15) is 9.90 Å². The highest BCUT2D eigenvalue weighted by molar-refractivity contribution is 14.0. The third-order valence-electron chi connectivity index (χ3n) is 4.10. The van der Waals surface area contributed by atoms with Gasteiger partial charge in [-0.1, -0.05) is 19.3 Å². The molecule has 7 nitrogen and oxygen atoms in total. The number of hydrogen-bond donors (Lipinski definition) is 3. The third-order valence-corrected chi connectivity index (χ3v) is 4.10. The lowest BCUT2D eigenvalue weighted by molar-refractivity contribution is -0.143. The molecule has 0 aliphatic rings. The van der Waals surface area contributed by atoms with E-state index in [2.05, 4.69) is 15.6 Å². The number of furan rings is 1. The first-order chi connectivity index (χ1) is 13.0. The van der Waals surface area contributed by atoms with Gasteiger partial charge in [-0.15, -0.1) is 24.0 Å². The average molecular weight is 509 g/mol. The minimum Gasteiger partial charge on any atom is -0.466 e. The summed E-state index contributed by atoms with van der Waals surface area (Å²) in [6.45, 7) is 7.75. The number of nitrogens with one attached hydrogen (secondary N) is 2. The van der Waals surface area contributed by atoms with Crippen molar-refractivity contribution in [2.75, 3.05) is 26.2 Å². The molecule has 0 aromatic carbocycles. The van der Waals surface area contributed by atoms with Crippen molar-refractivity contribution < 1.29 is 19.1 Å². The van der Waals surface area contributed by atoms with Crippen LogP contribution >= 0.6 is 24.0 Å². The molecule has 1 aromatic heterocycles. The van der Waals surface area contributed by atoms with E-state index in [1.807, 2.05) is 13.8 Å². The quantitative estimate of drug-likeness (QED) is 0.124. The van der Waals surface area contributed by atoms with E-state index in [0.717, 1.165) is 45.2 Å². The molecule has 1 aromatic rings. The molecule has 0 bridgehead atoms. The van der Waals surface area contributed by atoms with E-state index >= 15 is 0 Å². The number of esters is 1. The number of hydrogen-bond acceptors (Lipinski definition) is 5. The Bertz CT molecular complexity index is 548. The van der Waals surface area contributed by atoms with E-state index in [1.54, 1.807) is 25.3 Å². The van der Waals surface area contributed by atoms with Crippen LogP contribution in [0.2, 0.25) is 0 Å². The van der Waals surface area contributed by atoms with E-state index in [4.69, 9.17) is 9.15 Å². The summed E-state index contributed by atoms with van der Waals surface area (Å²) in [7, 11) is 0. The molecule has 0 spiro atoms. The van der Waals surface area contributed by atoms with Crippen LogP contribution < -0.4 is 10.6 Å². The predicted molar refractivity (Wildman–Crippen MR) is 122 cm³/mol. The number of guanidine groups is 1. The van der Waals surface area contributed by atoms with E-state index in [0.29, 0.717) is 24.7 Å². The number of unbranched alkanes of at least 4 members (excludes halogenated alkanes) is 4. The van der Waals surface area contributed by atoms with Gasteiger partial charge in [-0.25, -0.2) is 4.99 Å². The summed E-state index contributed by atoms with van der Waals surface area (Å²) < 4.78 is 10.2. The van der Waals surface area contributed by atoms with E-state index in [-0.39, 0.29) is 36.5 Å². The summed E-state index contributed by atoms with van der Waals surface area (Å²) in [5.41, 5.74) is -1.13. The number of rotatable bonds is 13. The molecule has 162 valence electrons. The molecule has 3 N–H and O–H groups in total. The summed E-state index contributed by atoms with van der Waals surface area (Å²) in [5, 5.41) is 16.9. The summed E-state index contributed by atoms with van der Waals surface area (Å²) in [6, 6.07) is 3.50. The van der Waals surface area contributed by atoms with Gasteiger partial charge < -0.3 is 24.9 Å². The van der Waals surface area contributed by atoms with Gasteiger partial charge in [0.25, 0.3) is 0 Å². The molecule has 1 unspecified atom stereocenters. The van der Waals surface area contributed by atoms with Crippen LogP contribution in [0.4, 0.5) is 0 Å². The predicted octanol–water partition coefficient (Wildman–Crippen LogP) is 3.56. The van der Waals surface area contributed by atoms with Crippen molar-refractivity contribution in [3.8, 4) is 0 Å². The molecule has 0 aliphatic carbocycles. The summed E-state index contributed by atoms with van der Waals surface area (Å²) in [5.74, 6) is 1.09. The summed E-state index contributed by atoms with van der Waals surface area (Å²) in [4.78, 5) is 15.7. The van der Waals surface area contributed by atoms with Crippen LogP contribution in [0.5, 0.6) is 0 Å². The molecular weight excluding hydrogens is 473 g/mol. The van der Waals surface area contributed by atoms with Crippen LogP contribution in [-0.2, 0) is 15.1 Å². The Labute approximate surface area is 185 Å². The second-order valence-electron chi connectivity index (χ2n) is 6.70. The lowest BCUT2D eigenvalue weighted by atomic mass is 10.0.